The molecule has 0 spiro atoms. The van der Waals surface area contributed by atoms with E-state index in [-0.39, 0.29) is 5.56 Å². The number of nitro groups is 1. The highest BCUT2D eigenvalue weighted by Crippen LogP contribution is 2.33. The van der Waals surface area contributed by atoms with Gasteiger partial charge in [0.2, 0.25) is 5.75 Å². The molecule has 21 heavy (non-hydrogen) atoms. The standard InChI is InChI=1S/C13H7BrCl2N2O3/c14-8-3-7(13(19)12(4-8)18(20)21)6-17-9-1-2-10(15)11(16)5-9/h1-6,19H. The minimum Gasteiger partial charge on any atom is -0.502 e. The van der Waals surface area contributed by atoms with Gasteiger partial charge in [-0.25, -0.2) is 0 Å². The molecule has 0 aliphatic rings. The summed E-state index contributed by atoms with van der Waals surface area (Å²) in [5, 5.41) is 21.4. The highest BCUT2D eigenvalue weighted by molar-refractivity contribution is 9.10. The van der Waals surface area contributed by atoms with Crippen molar-refractivity contribution in [3.05, 3.63) is 60.5 Å². The first-order chi connectivity index (χ1) is 9.88. The maximum atomic E-state index is 10.8. The number of aliphatic imine (C=N–C) groups is 1. The zero-order valence-corrected chi connectivity index (χ0v) is 13.4. The van der Waals surface area contributed by atoms with Gasteiger partial charge in [0.25, 0.3) is 0 Å². The van der Waals surface area contributed by atoms with Crippen LogP contribution in [0.2, 0.25) is 10.0 Å². The fourth-order valence-corrected chi connectivity index (χ4v) is 2.31. The zero-order valence-electron chi connectivity index (χ0n) is 10.3. The molecule has 8 heteroatoms. The minimum absolute atomic E-state index is 0.210. The molecule has 0 radical (unpaired) electrons. The van der Waals surface area contributed by atoms with Crippen molar-refractivity contribution < 1.29 is 10.0 Å². The van der Waals surface area contributed by atoms with Crippen LogP contribution in [-0.2, 0) is 0 Å². The SMILES string of the molecule is O=[N+]([O-])c1cc(Br)cc(C=Nc2ccc(Cl)c(Cl)c2)c1O. The fraction of sp³-hybridized carbons (Fsp3) is 0. The molecule has 0 aromatic heterocycles. The van der Waals surface area contributed by atoms with Gasteiger partial charge in [-0.05, 0) is 24.3 Å². The van der Waals surface area contributed by atoms with Crippen LogP contribution in [0.4, 0.5) is 11.4 Å². The molecule has 0 aliphatic carbocycles. The molecule has 0 bridgehead atoms. The lowest BCUT2D eigenvalue weighted by Crippen LogP contribution is -1.92. The highest BCUT2D eigenvalue weighted by atomic mass is 79.9. The van der Waals surface area contributed by atoms with Gasteiger partial charge >= 0.3 is 5.69 Å². The van der Waals surface area contributed by atoms with Crippen LogP contribution in [0.15, 0.2) is 39.8 Å². The largest absolute Gasteiger partial charge is 0.502 e. The number of phenolic OH excluding ortho intramolecular Hbond substituents is 1. The Morgan fingerprint density at radius 1 is 1.24 bits per heavy atom. The maximum Gasteiger partial charge on any atom is 0.312 e. The van der Waals surface area contributed by atoms with Gasteiger partial charge in [0.1, 0.15) is 0 Å². The van der Waals surface area contributed by atoms with Gasteiger partial charge in [0.15, 0.2) is 0 Å². The first-order valence-corrected chi connectivity index (χ1v) is 7.09. The first kappa shape index (κ1) is 15.8. The van der Waals surface area contributed by atoms with Crippen molar-refractivity contribution in [2.75, 3.05) is 0 Å². The van der Waals surface area contributed by atoms with E-state index in [2.05, 4.69) is 20.9 Å². The number of phenols is 1. The highest BCUT2D eigenvalue weighted by Gasteiger charge is 2.17. The molecule has 0 heterocycles. The lowest BCUT2D eigenvalue weighted by Gasteiger charge is -2.02. The molecular weight excluding hydrogens is 383 g/mol. The Kier molecular flexibility index (Phi) is 4.82. The van der Waals surface area contributed by atoms with Crippen LogP contribution in [0.5, 0.6) is 5.75 Å². The van der Waals surface area contributed by atoms with E-state index >= 15 is 0 Å². The number of benzene rings is 2. The average molecular weight is 390 g/mol. The summed E-state index contributed by atoms with van der Waals surface area (Å²) in [6.07, 6.45) is 1.31. The van der Waals surface area contributed by atoms with E-state index in [4.69, 9.17) is 23.2 Å². The molecule has 0 saturated heterocycles. The fourth-order valence-electron chi connectivity index (χ4n) is 1.55. The second-order valence-corrected chi connectivity index (χ2v) is 5.71. The van der Waals surface area contributed by atoms with Gasteiger partial charge in [0, 0.05) is 22.3 Å². The summed E-state index contributed by atoms with van der Waals surface area (Å²) in [7, 11) is 0. The minimum atomic E-state index is -0.670. The predicted molar refractivity (Wildman–Crippen MR) is 86.2 cm³/mol. The summed E-state index contributed by atoms with van der Waals surface area (Å²) in [4.78, 5) is 14.3. The van der Waals surface area contributed by atoms with Crippen LogP contribution in [0.1, 0.15) is 5.56 Å². The van der Waals surface area contributed by atoms with Crippen LogP contribution in [0.3, 0.4) is 0 Å². The van der Waals surface area contributed by atoms with Crippen LogP contribution < -0.4 is 0 Å². The van der Waals surface area contributed by atoms with E-state index in [0.29, 0.717) is 20.2 Å². The second-order valence-electron chi connectivity index (χ2n) is 3.98. The number of hydrogen-bond donors (Lipinski definition) is 1. The molecule has 2 rings (SSSR count). The molecule has 0 unspecified atom stereocenters. The van der Waals surface area contributed by atoms with E-state index in [9.17, 15) is 15.2 Å². The Labute approximate surface area is 138 Å². The summed E-state index contributed by atoms with van der Waals surface area (Å²) in [5.74, 6) is -0.452. The number of aromatic hydroxyl groups is 1. The predicted octanol–water partition coefficient (Wildman–Crippen LogP) is 5.12. The van der Waals surface area contributed by atoms with Gasteiger partial charge in [-0.3, -0.25) is 15.1 Å². The maximum absolute atomic E-state index is 10.8. The number of halogens is 3. The van der Waals surface area contributed by atoms with Crippen molar-refractivity contribution in [3.8, 4) is 5.75 Å². The smallest absolute Gasteiger partial charge is 0.312 e. The number of nitrogens with zero attached hydrogens (tertiary/aromatic N) is 2. The quantitative estimate of drug-likeness (QED) is 0.449. The summed E-state index contributed by atoms with van der Waals surface area (Å²) in [6.45, 7) is 0. The van der Waals surface area contributed by atoms with Gasteiger partial charge < -0.3 is 5.11 Å². The van der Waals surface area contributed by atoms with E-state index in [1.807, 2.05) is 0 Å². The molecule has 2 aromatic rings. The van der Waals surface area contributed by atoms with E-state index in [1.165, 1.54) is 18.3 Å². The lowest BCUT2D eigenvalue weighted by molar-refractivity contribution is -0.385. The number of nitro benzene ring substituents is 1. The van der Waals surface area contributed by atoms with Crippen molar-refractivity contribution in [1.29, 1.82) is 0 Å². The van der Waals surface area contributed by atoms with Gasteiger partial charge in [-0.15, -0.1) is 0 Å². The van der Waals surface area contributed by atoms with E-state index < -0.39 is 16.4 Å². The molecule has 0 amide bonds. The molecule has 0 fully saturated rings. The number of hydrogen-bond acceptors (Lipinski definition) is 4. The van der Waals surface area contributed by atoms with E-state index in [0.717, 1.165) is 0 Å². The van der Waals surface area contributed by atoms with Crippen molar-refractivity contribution in [2.45, 2.75) is 0 Å². The molecule has 1 N–H and O–H groups in total. The molecule has 2 aromatic carbocycles. The van der Waals surface area contributed by atoms with E-state index in [1.54, 1.807) is 18.2 Å². The van der Waals surface area contributed by atoms with Crippen LogP contribution in [0.25, 0.3) is 0 Å². The molecular formula is C13H7BrCl2N2O3. The van der Waals surface area contributed by atoms with Crippen molar-refractivity contribution >= 4 is 56.7 Å². The normalized spacial score (nSPS) is 11.0. The Bertz CT molecular complexity index is 750. The topological polar surface area (TPSA) is 75.7 Å². The summed E-state index contributed by atoms with van der Waals surface area (Å²) >= 11 is 14.8. The lowest BCUT2D eigenvalue weighted by atomic mass is 10.2. The third kappa shape index (κ3) is 3.72. The van der Waals surface area contributed by atoms with Gasteiger partial charge in [-0.1, -0.05) is 39.1 Å². The Morgan fingerprint density at radius 3 is 2.57 bits per heavy atom. The molecule has 108 valence electrons. The molecule has 5 nitrogen and oxygen atoms in total. The van der Waals surface area contributed by atoms with Crippen LogP contribution in [-0.4, -0.2) is 16.2 Å². The van der Waals surface area contributed by atoms with Crippen molar-refractivity contribution in [2.24, 2.45) is 4.99 Å². The molecule has 0 atom stereocenters. The number of rotatable bonds is 3. The monoisotopic (exact) mass is 388 g/mol. The zero-order chi connectivity index (χ0) is 15.6. The summed E-state index contributed by atoms with van der Waals surface area (Å²) in [6, 6.07) is 7.49. The Balaban J connectivity index is 2.41. The average Bonchev–Trinajstić information content (AvgIpc) is 2.42. The Hall–Kier alpha value is -1.63. The van der Waals surface area contributed by atoms with Crippen LogP contribution >= 0.6 is 39.1 Å². The Morgan fingerprint density at radius 2 is 1.95 bits per heavy atom. The third-order valence-electron chi connectivity index (χ3n) is 2.54. The van der Waals surface area contributed by atoms with Crippen molar-refractivity contribution in [3.63, 3.8) is 0 Å². The second kappa shape index (κ2) is 6.43. The van der Waals surface area contributed by atoms with Gasteiger partial charge in [0.05, 0.1) is 20.7 Å². The molecule has 0 saturated carbocycles. The third-order valence-corrected chi connectivity index (χ3v) is 3.73. The van der Waals surface area contributed by atoms with Crippen LogP contribution in [0, 0.1) is 10.1 Å². The van der Waals surface area contributed by atoms with Gasteiger partial charge in [-0.2, -0.15) is 0 Å². The molecule has 0 aliphatic heterocycles. The van der Waals surface area contributed by atoms with Crippen molar-refractivity contribution in [1.82, 2.24) is 0 Å². The summed E-state index contributed by atoms with van der Waals surface area (Å²) in [5.41, 5.74) is 0.313. The summed E-state index contributed by atoms with van der Waals surface area (Å²) < 4.78 is 0.461. The first-order valence-electron chi connectivity index (χ1n) is 5.54.